The van der Waals surface area contributed by atoms with E-state index in [0.29, 0.717) is 6.61 Å². The molecule has 86 valence electrons. The maximum absolute atomic E-state index is 5.73. The number of benzene rings is 2. The fourth-order valence-electron chi connectivity index (χ4n) is 1.52. The van der Waals surface area contributed by atoms with Crippen LogP contribution in [0, 0.1) is 0 Å². The zero-order valence-electron chi connectivity index (χ0n) is 9.34. The van der Waals surface area contributed by atoms with Crippen molar-refractivity contribution in [3.63, 3.8) is 0 Å². The minimum atomic E-state index is 0.600. The average Bonchev–Trinajstić information content (AvgIpc) is 2.39. The topological polar surface area (TPSA) is 9.23 Å². The Labute approximate surface area is 110 Å². The second-order valence-corrected chi connectivity index (χ2v) is 4.17. The van der Waals surface area contributed by atoms with Crippen LogP contribution >= 0.6 is 15.9 Å². The summed E-state index contributed by atoms with van der Waals surface area (Å²) in [6.07, 6.45) is 1.98. The molecule has 0 heterocycles. The number of ether oxygens (including phenoxy) is 1. The number of rotatable bonds is 4. The second kappa shape index (κ2) is 6.26. The van der Waals surface area contributed by atoms with Gasteiger partial charge in [-0.1, -0.05) is 58.4 Å². The normalized spacial score (nSPS) is 10.6. The molecule has 17 heavy (non-hydrogen) atoms. The summed E-state index contributed by atoms with van der Waals surface area (Å²) >= 11 is 3.26. The van der Waals surface area contributed by atoms with E-state index in [1.807, 2.05) is 53.5 Å². The van der Waals surface area contributed by atoms with Crippen molar-refractivity contribution in [2.24, 2.45) is 0 Å². The van der Waals surface area contributed by atoms with E-state index in [4.69, 9.17) is 4.74 Å². The third kappa shape index (κ3) is 3.75. The largest absolute Gasteiger partial charge is 0.489 e. The molecule has 0 bridgehead atoms. The molecule has 2 aromatic rings. The van der Waals surface area contributed by atoms with E-state index < -0.39 is 0 Å². The van der Waals surface area contributed by atoms with Gasteiger partial charge in [0.1, 0.15) is 12.4 Å². The van der Waals surface area contributed by atoms with Crippen LogP contribution in [-0.2, 0) is 6.61 Å². The Morgan fingerprint density at radius 1 is 1.00 bits per heavy atom. The summed E-state index contributed by atoms with van der Waals surface area (Å²) in [6.45, 7) is 0.600. The third-order valence-electron chi connectivity index (χ3n) is 2.36. The van der Waals surface area contributed by atoms with Gasteiger partial charge in [0, 0.05) is 0 Å². The fraction of sp³-hybridized carbons (Fsp3) is 0.0667. The molecule has 0 radical (unpaired) electrons. The number of hydrogen-bond donors (Lipinski definition) is 0. The lowest BCUT2D eigenvalue weighted by atomic mass is 10.2. The first-order valence-corrected chi connectivity index (χ1v) is 6.33. The molecule has 2 rings (SSSR count). The lowest BCUT2D eigenvalue weighted by Crippen LogP contribution is -1.94. The first-order valence-electron chi connectivity index (χ1n) is 5.42. The molecule has 0 spiro atoms. The van der Waals surface area contributed by atoms with E-state index in [1.54, 1.807) is 0 Å². The van der Waals surface area contributed by atoms with Crippen molar-refractivity contribution in [2.45, 2.75) is 6.61 Å². The Hall–Kier alpha value is -1.54. The Morgan fingerprint density at radius 2 is 1.82 bits per heavy atom. The molecule has 0 aromatic heterocycles. The van der Waals surface area contributed by atoms with Crippen LogP contribution in [0.2, 0.25) is 0 Å². The first-order chi connectivity index (χ1) is 8.38. The second-order valence-electron chi connectivity index (χ2n) is 3.64. The Morgan fingerprint density at radius 3 is 2.59 bits per heavy atom. The maximum atomic E-state index is 5.73. The molecular formula is C15H13BrO. The molecule has 2 aromatic carbocycles. The minimum absolute atomic E-state index is 0.600. The molecule has 2 heteroatoms. The van der Waals surface area contributed by atoms with Gasteiger partial charge in [0.15, 0.2) is 0 Å². The van der Waals surface area contributed by atoms with E-state index in [0.717, 1.165) is 11.3 Å². The molecule has 0 saturated carbocycles. The summed E-state index contributed by atoms with van der Waals surface area (Å²) in [5.74, 6) is 0.886. The van der Waals surface area contributed by atoms with Gasteiger partial charge in [0.05, 0.1) is 0 Å². The molecule has 0 fully saturated rings. The van der Waals surface area contributed by atoms with Crippen molar-refractivity contribution in [2.75, 3.05) is 0 Å². The standard InChI is InChI=1S/C15H13BrO/c16-10-9-13-7-4-8-15(11-13)17-12-14-5-2-1-3-6-14/h1-11H,12H2/b10-9+. The first kappa shape index (κ1) is 11.9. The van der Waals surface area contributed by atoms with Gasteiger partial charge in [-0.25, -0.2) is 0 Å². The van der Waals surface area contributed by atoms with Gasteiger partial charge in [-0.3, -0.25) is 0 Å². The van der Waals surface area contributed by atoms with Crippen molar-refractivity contribution in [1.29, 1.82) is 0 Å². The molecule has 0 aliphatic heterocycles. The molecule has 0 aliphatic rings. The SMILES string of the molecule is Br/C=C/c1cccc(OCc2ccccc2)c1. The predicted octanol–water partition coefficient (Wildman–Crippen LogP) is 4.63. The van der Waals surface area contributed by atoms with E-state index in [1.165, 1.54) is 5.56 Å². The summed E-state index contributed by atoms with van der Waals surface area (Å²) in [5.41, 5.74) is 2.29. The highest BCUT2D eigenvalue weighted by Crippen LogP contribution is 2.16. The molecule has 0 saturated heterocycles. The van der Waals surface area contributed by atoms with Gasteiger partial charge in [-0.15, -0.1) is 0 Å². The molecule has 0 unspecified atom stereocenters. The molecular weight excluding hydrogens is 276 g/mol. The van der Waals surface area contributed by atoms with Crippen molar-refractivity contribution in [3.8, 4) is 5.75 Å². The lowest BCUT2D eigenvalue weighted by Gasteiger charge is -2.06. The van der Waals surface area contributed by atoms with Gasteiger partial charge in [-0.05, 0) is 34.3 Å². The minimum Gasteiger partial charge on any atom is -0.489 e. The van der Waals surface area contributed by atoms with Crippen LogP contribution in [0.5, 0.6) is 5.75 Å². The van der Waals surface area contributed by atoms with E-state index in [9.17, 15) is 0 Å². The molecule has 0 aliphatic carbocycles. The third-order valence-corrected chi connectivity index (χ3v) is 2.63. The van der Waals surface area contributed by atoms with Crippen molar-refractivity contribution < 1.29 is 4.74 Å². The highest BCUT2D eigenvalue weighted by Gasteiger charge is 1.96. The van der Waals surface area contributed by atoms with Gasteiger partial charge >= 0.3 is 0 Å². The van der Waals surface area contributed by atoms with E-state index in [-0.39, 0.29) is 0 Å². The van der Waals surface area contributed by atoms with Crippen LogP contribution in [0.4, 0.5) is 0 Å². The van der Waals surface area contributed by atoms with Gasteiger partial charge in [0.2, 0.25) is 0 Å². The van der Waals surface area contributed by atoms with Crippen LogP contribution in [0.25, 0.3) is 6.08 Å². The van der Waals surface area contributed by atoms with Crippen LogP contribution in [-0.4, -0.2) is 0 Å². The lowest BCUT2D eigenvalue weighted by molar-refractivity contribution is 0.306. The maximum Gasteiger partial charge on any atom is 0.120 e. The van der Waals surface area contributed by atoms with E-state index >= 15 is 0 Å². The predicted molar refractivity (Wildman–Crippen MR) is 75.2 cm³/mol. The molecule has 0 amide bonds. The monoisotopic (exact) mass is 288 g/mol. The Balaban J connectivity index is 2.02. The summed E-state index contributed by atoms with van der Waals surface area (Å²) in [7, 11) is 0. The number of halogens is 1. The average molecular weight is 289 g/mol. The highest BCUT2D eigenvalue weighted by molar-refractivity contribution is 9.11. The smallest absolute Gasteiger partial charge is 0.120 e. The van der Waals surface area contributed by atoms with Gasteiger partial charge < -0.3 is 4.74 Å². The summed E-state index contributed by atoms with van der Waals surface area (Å²) < 4.78 is 5.73. The van der Waals surface area contributed by atoms with Gasteiger partial charge in [-0.2, -0.15) is 0 Å². The Bertz CT molecular complexity index is 491. The summed E-state index contributed by atoms with van der Waals surface area (Å²) in [4.78, 5) is 1.84. The zero-order chi connectivity index (χ0) is 11.9. The quantitative estimate of drug-likeness (QED) is 0.797. The van der Waals surface area contributed by atoms with Crippen molar-refractivity contribution in [3.05, 3.63) is 70.7 Å². The van der Waals surface area contributed by atoms with Gasteiger partial charge in [0.25, 0.3) is 0 Å². The van der Waals surface area contributed by atoms with Crippen LogP contribution in [0.15, 0.2) is 59.6 Å². The van der Waals surface area contributed by atoms with E-state index in [2.05, 4.69) is 28.1 Å². The molecule has 0 N–H and O–H groups in total. The van der Waals surface area contributed by atoms with Crippen molar-refractivity contribution >= 4 is 22.0 Å². The fourth-order valence-corrected chi connectivity index (χ4v) is 1.83. The highest BCUT2D eigenvalue weighted by atomic mass is 79.9. The molecule has 1 nitrogen and oxygen atoms in total. The van der Waals surface area contributed by atoms with Crippen molar-refractivity contribution in [1.82, 2.24) is 0 Å². The zero-order valence-corrected chi connectivity index (χ0v) is 10.9. The summed E-state index contributed by atoms with van der Waals surface area (Å²) in [5, 5.41) is 0. The van der Waals surface area contributed by atoms with Crippen LogP contribution in [0.1, 0.15) is 11.1 Å². The van der Waals surface area contributed by atoms with Crippen LogP contribution < -0.4 is 4.74 Å². The number of hydrogen-bond acceptors (Lipinski definition) is 1. The van der Waals surface area contributed by atoms with Crippen LogP contribution in [0.3, 0.4) is 0 Å². The summed E-state index contributed by atoms with van der Waals surface area (Å²) in [6, 6.07) is 18.2. The molecule has 0 atom stereocenters. The Kier molecular flexibility index (Phi) is 4.39.